The Morgan fingerprint density at radius 3 is 2.48 bits per heavy atom. The summed E-state index contributed by atoms with van der Waals surface area (Å²) in [5, 5.41) is 13.6. The first-order valence-corrected chi connectivity index (χ1v) is 6.88. The smallest absolute Gasteiger partial charge is 0.269 e. The fourth-order valence-electron chi connectivity index (χ4n) is 1.98. The maximum Gasteiger partial charge on any atom is 0.269 e. The first-order valence-electron chi connectivity index (χ1n) is 6.88. The highest BCUT2D eigenvalue weighted by molar-refractivity contribution is 6.04. The van der Waals surface area contributed by atoms with Gasteiger partial charge < -0.3 is 10.1 Å². The average Bonchev–Trinajstić information content (AvgIpc) is 2.56. The van der Waals surface area contributed by atoms with Crippen molar-refractivity contribution >= 4 is 17.2 Å². The molecule has 0 saturated carbocycles. The van der Waals surface area contributed by atoms with Gasteiger partial charge in [0.25, 0.3) is 5.69 Å². The number of ketones is 1. The predicted molar refractivity (Wildman–Crippen MR) is 87.9 cm³/mol. The first-order chi connectivity index (χ1) is 11.0. The number of nitrogens with one attached hydrogen (secondary N) is 1. The first kappa shape index (κ1) is 16.2. The molecule has 0 bridgehead atoms. The lowest BCUT2D eigenvalue weighted by Crippen LogP contribution is -1.98. The summed E-state index contributed by atoms with van der Waals surface area (Å²) in [4.78, 5) is 22.2. The van der Waals surface area contributed by atoms with Crippen LogP contribution in [0.15, 0.2) is 54.7 Å². The summed E-state index contributed by atoms with van der Waals surface area (Å²) in [6, 6.07) is 11.3. The Kier molecular flexibility index (Phi) is 5.09. The van der Waals surface area contributed by atoms with E-state index in [-0.39, 0.29) is 11.5 Å². The Morgan fingerprint density at radius 2 is 1.91 bits per heavy atom. The van der Waals surface area contributed by atoms with Crippen molar-refractivity contribution in [3.05, 3.63) is 76.0 Å². The molecule has 0 atom stereocenters. The van der Waals surface area contributed by atoms with Gasteiger partial charge in [0, 0.05) is 35.7 Å². The van der Waals surface area contributed by atoms with E-state index in [2.05, 4.69) is 5.32 Å². The molecule has 0 aliphatic heterocycles. The number of hydrogen-bond acceptors (Lipinski definition) is 5. The van der Waals surface area contributed by atoms with E-state index in [1.165, 1.54) is 24.4 Å². The van der Waals surface area contributed by atoms with E-state index >= 15 is 0 Å². The van der Waals surface area contributed by atoms with Crippen molar-refractivity contribution in [3.63, 3.8) is 0 Å². The van der Waals surface area contributed by atoms with Crippen LogP contribution < -0.4 is 10.1 Å². The molecule has 1 N–H and O–H groups in total. The van der Waals surface area contributed by atoms with Gasteiger partial charge >= 0.3 is 0 Å². The predicted octanol–water partition coefficient (Wildman–Crippen LogP) is 3.72. The van der Waals surface area contributed by atoms with E-state index in [0.29, 0.717) is 17.0 Å². The number of nitro groups is 1. The molecule has 6 nitrogen and oxygen atoms in total. The topological polar surface area (TPSA) is 81.5 Å². The molecule has 0 aliphatic rings. The van der Waals surface area contributed by atoms with E-state index in [1.807, 2.05) is 0 Å². The van der Waals surface area contributed by atoms with Crippen molar-refractivity contribution in [1.82, 2.24) is 0 Å². The number of nitro benzene ring substituents is 1. The van der Waals surface area contributed by atoms with E-state index in [1.54, 1.807) is 44.4 Å². The van der Waals surface area contributed by atoms with Gasteiger partial charge in [-0.1, -0.05) is 0 Å². The second-order valence-electron chi connectivity index (χ2n) is 4.83. The summed E-state index contributed by atoms with van der Waals surface area (Å²) < 4.78 is 5.04. The van der Waals surface area contributed by atoms with Crippen LogP contribution in [0, 0.1) is 17.0 Å². The lowest BCUT2D eigenvalue weighted by atomic mass is 10.1. The number of ether oxygens (including phenoxy) is 1. The van der Waals surface area contributed by atoms with Crippen LogP contribution in [0.1, 0.15) is 15.9 Å². The lowest BCUT2D eigenvalue weighted by Gasteiger charge is -2.05. The summed E-state index contributed by atoms with van der Waals surface area (Å²) in [6.45, 7) is 1.76. The number of non-ortho nitro benzene ring substituents is 1. The van der Waals surface area contributed by atoms with Crippen LogP contribution in [0.3, 0.4) is 0 Å². The van der Waals surface area contributed by atoms with Crippen molar-refractivity contribution in [2.45, 2.75) is 6.92 Å². The van der Waals surface area contributed by atoms with Crippen LogP contribution in [0.4, 0.5) is 11.4 Å². The van der Waals surface area contributed by atoms with Gasteiger partial charge in [0.15, 0.2) is 5.78 Å². The number of rotatable bonds is 6. The van der Waals surface area contributed by atoms with E-state index < -0.39 is 4.92 Å². The molecule has 0 radical (unpaired) electrons. The summed E-state index contributed by atoms with van der Waals surface area (Å²) in [7, 11) is 1.56. The maximum absolute atomic E-state index is 12.0. The Balaban J connectivity index is 2.03. The van der Waals surface area contributed by atoms with Crippen molar-refractivity contribution in [1.29, 1.82) is 0 Å². The minimum Gasteiger partial charge on any atom is -0.497 e. The molecule has 0 unspecified atom stereocenters. The van der Waals surface area contributed by atoms with Crippen LogP contribution in [0.5, 0.6) is 5.75 Å². The molecule has 2 aromatic rings. The Morgan fingerprint density at radius 1 is 1.22 bits per heavy atom. The lowest BCUT2D eigenvalue weighted by molar-refractivity contribution is -0.384. The zero-order valence-electron chi connectivity index (χ0n) is 12.8. The number of benzene rings is 2. The van der Waals surface area contributed by atoms with E-state index in [9.17, 15) is 14.9 Å². The van der Waals surface area contributed by atoms with E-state index in [0.717, 1.165) is 5.56 Å². The molecular weight excluding hydrogens is 296 g/mol. The highest BCUT2D eigenvalue weighted by Gasteiger charge is 2.07. The van der Waals surface area contributed by atoms with Crippen molar-refractivity contribution in [3.8, 4) is 5.75 Å². The molecule has 23 heavy (non-hydrogen) atoms. The fourth-order valence-corrected chi connectivity index (χ4v) is 1.98. The number of carbonyl (C=O) groups excluding carboxylic acids is 1. The zero-order valence-corrected chi connectivity index (χ0v) is 12.8. The standard InChI is InChI=1S/C17H16N2O4/c1-12-11-14(19(21)22)5-8-16(12)18-10-9-17(20)13-3-6-15(23-2)7-4-13/h3-11,18H,1-2H3/b10-9-. The molecule has 6 heteroatoms. The molecule has 0 fully saturated rings. The second-order valence-corrected chi connectivity index (χ2v) is 4.83. The van der Waals surface area contributed by atoms with Crippen LogP contribution in [0.25, 0.3) is 0 Å². The Labute approximate surface area is 133 Å². The number of allylic oxidation sites excluding steroid dienone is 1. The van der Waals surface area contributed by atoms with Gasteiger partial charge in [0.2, 0.25) is 0 Å². The molecule has 0 amide bonds. The summed E-state index contributed by atoms with van der Waals surface area (Å²) >= 11 is 0. The number of hydrogen-bond donors (Lipinski definition) is 1. The highest BCUT2D eigenvalue weighted by Crippen LogP contribution is 2.21. The van der Waals surface area contributed by atoms with Crippen LogP contribution in [-0.2, 0) is 0 Å². The third kappa shape index (κ3) is 4.16. The molecule has 0 saturated heterocycles. The number of anilines is 1. The maximum atomic E-state index is 12.0. The second kappa shape index (κ2) is 7.22. The van der Waals surface area contributed by atoms with Gasteiger partial charge in [-0.05, 0) is 42.8 Å². The Hall–Kier alpha value is -3.15. The van der Waals surface area contributed by atoms with Crippen molar-refractivity contribution in [2.24, 2.45) is 0 Å². The SMILES string of the molecule is COc1ccc(C(=O)/C=C\Nc2ccc([N+](=O)[O-])cc2C)cc1. The monoisotopic (exact) mass is 312 g/mol. The molecule has 0 aliphatic carbocycles. The number of methoxy groups -OCH3 is 1. The normalized spacial score (nSPS) is 10.5. The third-order valence-electron chi connectivity index (χ3n) is 3.27. The van der Waals surface area contributed by atoms with Gasteiger partial charge in [-0.15, -0.1) is 0 Å². The minimum atomic E-state index is -0.445. The molecule has 0 aromatic heterocycles. The molecule has 0 heterocycles. The largest absolute Gasteiger partial charge is 0.497 e. The Bertz CT molecular complexity index is 752. The van der Waals surface area contributed by atoms with Gasteiger partial charge in [-0.3, -0.25) is 14.9 Å². The number of aryl methyl sites for hydroxylation is 1. The highest BCUT2D eigenvalue weighted by atomic mass is 16.6. The summed E-state index contributed by atoms with van der Waals surface area (Å²) in [5.74, 6) is 0.532. The summed E-state index contributed by atoms with van der Waals surface area (Å²) in [6.07, 6.45) is 2.92. The van der Waals surface area contributed by atoms with Gasteiger partial charge in [0.1, 0.15) is 5.75 Å². The molecule has 2 aromatic carbocycles. The quantitative estimate of drug-likeness (QED) is 0.380. The van der Waals surface area contributed by atoms with Crippen LogP contribution in [0.2, 0.25) is 0 Å². The molecular formula is C17H16N2O4. The van der Waals surface area contributed by atoms with Crippen molar-refractivity contribution < 1.29 is 14.5 Å². The summed E-state index contributed by atoms with van der Waals surface area (Å²) in [5.41, 5.74) is 2.01. The molecule has 0 spiro atoms. The van der Waals surface area contributed by atoms with Gasteiger partial charge in [0.05, 0.1) is 12.0 Å². The average molecular weight is 312 g/mol. The molecule has 2 rings (SSSR count). The molecule has 118 valence electrons. The van der Waals surface area contributed by atoms with Gasteiger partial charge in [-0.25, -0.2) is 0 Å². The van der Waals surface area contributed by atoms with Gasteiger partial charge in [-0.2, -0.15) is 0 Å². The fraction of sp³-hybridized carbons (Fsp3) is 0.118. The van der Waals surface area contributed by atoms with Crippen molar-refractivity contribution in [2.75, 3.05) is 12.4 Å². The minimum absolute atomic E-state index is 0.0336. The zero-order chi connectivity index (χ0) is 16.8. The van der Waals surface area contributed by atoms with Crippen LogP contribution in [-0.4, -0.2) is 17.8 Å². The van der Waals surface area contributed by atoms with E-state index in [4.69, 9.17) is 4.74 Å². The number of carbonyl (C=O) groups is 1. The van der Waals surface area contributed by atoms with Crippen LogP contribution >= 0.6 is 0 Å². The number of nitrogens with zero attached hydrogens (tertiary/aromatic N) is 1. The third-order valence-corrected chi connectivity index (χ3v) is 3.27.